The Labute approximate surface area is 187 Å². The Balaban J connectivity index is 1.87. The summed E-state index contributed by atoms with van der Waals surface area (Å²) in [5.41, 5.74) is 2.20. The summed E-state index contributed by atoms with van der Waals surface area (Å²) in [6.07, 6.45) is 0. The highest BCUT2D eigenvalue weighted by Crippen LogP contribution is 2.30. The summed E-state index contributed by atoms with van der Waals surface area (Å²) in [6, 6.07) is 10.1. The van der Waals surface area contributed by atoms with Crippen molar-refractivity contribution in [3.05, 3.63) is 52.5 Å². The zero-order valence-corrected chi connectivity index (χ0v) is 18.9. The lowest BCUT2D eigenvalue weighted by Crippen LogP contribution is -2.46. The van der Waals surface area contributed by atoms with Crippen molar-refractivity contribution in [3.63, 3.8) is 0 Å². The molecule has 0 radical (unpaired) electrons. The maximum atomic E-state index is 13.0. The smallest absolute Gasteiger partial charge is 0.337 e. The van der Waals surface area contributed by atoms with Crippen LogP contribution in [0.4, 0.5) is 11.4 Å². The van der Waals surface area contributed by atoms with E-state index in [0.29, 0.717) is 34.2 Å². The Morgan fingerprint density at radius 1 is 1.03 bits per heavy atom. The van der Waals surface area contributed by atoms with E-state index in [1.165, 1.54) is 7.11 Å². The van der Waals surface area contributed by atoms with E-state index < -0.39 is 5.97 Å². The van der Waals surface area contributed by atoms with Gasteiger partial charge in [0.25, 0.3) is 5.91 Å². The molecular weight excluding hydrogens is 418 g/mol. The molecule has 0 bridgehead atoms. The van der Waals surface area contributed by atoms with Gasteiger partial charge in [0.05, 0.1) is 35.7 Å². The molecule has 1 fully saturated rings. The molecule has 1 aliphatic heterocycles. The number of ether oxygens (including phenoxy) is 2. The number of nitrogens with zero attached hydrogens (tertiary/aromatic N) is 2. The molecule has 8 heteroatoms. The summed E-state index contributed by atoms with van der Waals surface area (Å²) < 4.78 is 10.3. The number of rotatable bonds is 7. The van der Waals surface area contributed by atoms with E-state index >= 15 is 0 Å². The van der Waals surface area contributed by atoms with Crippen molar-refractivity contribution in [1.82, 2.24) is 4.90 Å². The zero-order valence-electron chi connectivity index (χ0n) is 18.1. The number of hydrogen-bond donors (Lipinski definition) is 1. The molecule has 0 saturated carbocycles. The highest BCUT2D eigenvalue weighted by Gasteiger charge is 2.21. The summed E-state index contributed by atoms with van der Waals surface area (Å²) in [4.78, 5) is 29.6. The van der Waals surface area contributed by atoms with Crippen molar-refractivity contribution in [1.29, 1.82) is 0 Å². The van der Waals surface area contributed by atoms with E-state index in [2.05, 4.69) is 22.0 Å². The third-order valence-electron chi connectivity index (χ3n) is 5.32. The van der Waals surface area contributed by atoms with Crippen LogP contribution in [-0.4, -0.2) is 63.2 Å². The predicted octanol–water partition coefficient (Wildman–Crippen LogP) is 3.92. The molecule has 2 aromatic carbocycles. The molecule has 0 atom stereocenters. The zero-order chi connectivity index (χ0) is 22.4. The molecule has 31 heavy (non-hydrogen) atoms. The molecule has 1 saturated heterocycles. The van der Waals surface area contributed by atoms with Gasteiger partial charge in [0, 0.05) is 31.7 Å². The first-order valence-corrected chi connectivity index (χ1v) is 10.8. The third-order valence-corrected chi connectivity index (χ3v) is 5.62. The second-order valence-corrected chi connectivity index (χ2v) is 7.58. The number of benzene rings is 2. The SMILES string of the molecule is CCOc1ccc(C(=O)Nc2cc(C(=O)OC)ccc2N2CCN(CC)CC2)cc1Cl. The largest absolute Gasteiger partial charge is 0.492 e. The first-order valence-electron chi connectivity index (χ1n) is 10.4. The average Bonchev–Trinajstić information content (AvgIpc) is 2.80. The Bertz CT molecular complexity index is 942. The van der Waals surface area contributed by atoms with Crippen molar-refractivity contribution < 1.29 is 19.1 Å². The van der Waals surface area contributed by atoms with Crippen molar-refractivity contribution in [2.45, 2.75) is 13.8 Å². The molecular formula is C23H28ClN3O4. The van der Waals surface area contributed by atoms with E-state index in [9.17, 15) is 9.59 Å². The maximum absolute atomic E-state index is 13.0. The normalized spacial score (nSPS) is 14.3. The Hall–Kier alpha value is -2.77. The minimum Gasteiger partial charge on any atom is -0.492 e. The highest BCUT2D eigenvalue weighted by molar-refractivity contribution is 6.32. The van der Waals surface area contributed by atoms with Gasteiger partial charge in [0.15, 0.2) is 0 Å². The number of amides is 1. The van der Waals surface area contributed by atoms with Crippen molar-refractivity contribution in [3.8, 4) is 5.75 Å². The van der Waals surface area contributed by atoms with Crippen LogP contribution in [-0.2, 0) is 4.74 Å². The molecule has 3 rings (SSSR count). The van der Waals surface area contributed by atoms with Gasteiger partial charge in [-0.3, -0.25) is 4.79 Å². The Morgan fingerprint density at radius 3 is 2.35 bits per heavy atom. The number of carbonyl (C=O) groups excluding carboxylic acids is 2. The predicted molar refractivity (Wildman–Crippen MR) is 123 cm³/mol. The molecule has 1 heterocycles. The van der Waals surface area contributed by atoms with Crippen molar-refractivity contribution >= 4 is 34.9 Å². The topological polar surface area (TPSA) is 71.1 Å². The molecule has 7 nitrogen and oxygen atoms in total. The summed E-state index contributed by atoms with van der Waals surface area (Å²) in [5.74, 6) is -0.245. The van der Waals surface area contributed by atoms with Crippen LogP contribution in [0.1, 0.15) is 34.6 Å². The molecule has 0 aromatic heterocycles. The lowest BCUT2D eigenvalue weighted by Gasteiger charge is -2.36. The summed E-state index contributed by atoms with van der Waals surface area (Å²) >= 11 is 6.24. The van der Waals surface area contributed by atoms with Gasteiger partial charge in [-0.15, -0.1) is 0 Å². The molecule has 166 valence electrons. The number of esters is 1. The van der Waals surface area contributed by atoms with Crippen molar-refractivity contribution in [2.75, 3.05) is 56.7 Å². The van der Waals surface area contributed by atoms with E-state index in [1.807, 2.05) is 13.0 Å². The number of anilines is 2. The second kappa shape index (κ2) is 10.5. The van der Waals surface area contributed by atoms with Crippen LogP contribution in [0.15, 0.2) is 36.4 Å². The van der Waals surface area contributed by atoms with E-state index in [4.69, 9.17) is 21.1 Å². The minimum absolute atomic E-state index is 0.319. The van der Waals surface area contributed by atoms with Crippen LogP contribution in [0.25, 0.3) is 0 Å². The fraction of sp³-hybridized carbons (Fsp3) is 0.391. The maximum Gasteiger partial charge on any atom is 0.337 e. The van der Waals surface area contributed by atoms with Crippen LogP contribution in [0.2, 0.25) is 5.02 Å². The first kappa shape index (κ1) is 22.9. The lowest BCUT2D eigenvalue weighted by atomic mass is 10.1. The number of methoxy groups -OCH3 is 1. The Kier molecular flexibility index (Phi) is 7.76. The molecule has 1 aliphatic rings. The van der Waals surface area contributed by atoms with E-state index in [1.54, 1.807) is 30.3 Å². The number of nitrogens with one attached hydrogen (secondary N) is 1. The van der Waals surface area contributed by atoms with Crippen LogP contribution < -0.4 is 15.0 Å². The van der Waals surface area contributed by atoms with E-state index in [-0.39, 0.29) is 5.91 Å². The number of carbonyl (C=O) groups is 2. The van der Waals surface area contributed by atoms with Gasteiger partial charge in [-0.05, 0) is 49.9 Å². The number of hydrogen-bond acceptors (Lipinski definition) is 6. The molecule has 0 unspecified atom stereocenters. The molecule has 2 aromatic rings. The van der Waals surface area contributed by atoms with Crippen LogP contribution in [0, 0.1) is 0 Å². The first-order chi connectivity index (χ1) is 15.0. The fourth-order valence-corrected chi connectivity index (χ4v) is 3.81. The molecule has 0 aliphatic carbocycles. The summed E-state index contributed by atoms with van der Waals surface area (Å²) in [7, 11) is 1.33. The molecule has 1 amide bonds. The van der Waals surface area contributed by atoms with Crippen LogP contribution in [0.5, 0.6) is 5.75 Å². The molecule has 1 N–H and O–H groups in total. The Morgan fingerprint density at radius 2 is 1.74 bits per heavy atom. The van der Waals surface area contributed by atoms with Gasteiger partial charge in [0.1, 0.15) is 5.75 Å². The average molecular weight is 446 g/mol. The van der Waals surface area contributed by atoms with Gasteiger partial charge >= 0.3 is 5.97 Å². The standard InChI is InChI=1S/C23H28ClN3O4/c1-4-26-10-12-27(13-11-26)20-8-6-17(23(29)30-3)15-19(20)25-22(28)16-7-9-21(31-5-2)18(24)14-16/h6-9,14-15H,4-5,10-13H2,1-3H3,(H,25,28). The highest BCUT2D eigenvalue weighted by atomic mass is 35.5. The fourth-order valence-electron chi connectivity index (χ4n) is 3.57. The van der Waals surface area contributed by atoms with E-state index in [0.717, 1.165) is 38.4 Å². The van der Waals surface area contributed by atoms with Gasteiger partial charge in [0.2, 0.25) is 0 Å². The number of likely N-dealkylation sites (N-methyl/N-ethyl adjacent to an activating group) is 1. The summed E-state index contributed by atoms with van der Waals surface area (Å²) in [5, 5.41) is 3.32. The summed E-state index contributed by atoms with van der Waals surface area (Å²) in [6.45, 7) is 9.07. The monoisotopic (exact) mass is 445 g/mol. The van der Waals surface area contributed by atoms with Crippen LogP contribution >= 0.6 is 11.6 Å². The number of halogens is 1. The number of piperazine rings is 1. The lowest BCUT2D eigenvalue weighted by molar-refractivity contribution is 0.0600. The second-order valence-electron chi connectivity index (χ2n) is 7.18. The van der Waals surface area contributed by atoms with Gasteiger partial charge < -0.3 is 24.6 Å². The third kappa shape index (κ3) is 5.48. The molecule has 0 spiro atoms. The van der Waals surface area contributed by atoms with Gasteiger partial charge in [-0.2, -0.15) is 0 Å². The minimum atomic E-state index is -0.457. The quantitative estimate of drug-likeness (QED) is 0.651. The van der Waals surface area contributed by atoms with Crippen molar-refractivity contribution in [2.24, 2.45) is 0 Å². The van der Waals surface area contributed by atoms with Gasteiger partial charge in [-0.25, -0.2) is 4.79 Å². The van der Waals surface area contributed by atoms with Gasteiger partial charge in [-0.1, -0.05) is 18.5 Å². The van der Waals surface area contributed by atoms with Crippen LogP contribution in [0.3, 0.4) is 0 Å².